The molecule has 168 valence electrons. The lowest BCUT2D eigenvalue weighted by molar-refractivity contribution is -0.310. The molecule has 4 nitrogen and oxygen atoms in total. The Morgan fingerprint density at radius 3 is 1.94 bits per heavy atom. The van der Waals surface area contributed by atoms with Crippen molar-refractivity contribution in [3.8, 4) is 0 Å². The number of carbonyl (C=O) groups excluding carboxylic acids is 1. The van der Waals surface area contributed by atoms with E-state index in [0.29, 0.717) is 13.0 Å². The van der Waals surface area contributed by atoms with Crippen LogP contribution in [0.5, 0.6) is 0 Å². The summed E-state index contributed by atoms with van der Waals surface area (Å²) in [6.45, 7) is 13.1. The Morgan fingerprint density at radius 2 is 1.48 bits per heavy atom. The molecule has 0 spiro atoms. The maximum atomic E-state index is 11.5. The summed E-state index contributed by atoms with van der Waals surface area (Å²) in [5, 5.41) is 2.46. The zero-order valence-electron chi connectivity index (χ0n) is 19.6. The van der Waals surface area contributed by atoms with Gasteiger partial charge in [0.2, 0.25) is 0 Å². The van der Waals surface area contributed by atoms with Gasteiger partial charge in [-0.05, 0) is 35.7 Å². The monoisotopic (exact) mass is 440 g/mol. The quantitative estimate of drug-likeness (QED) is 0.475. The molecule has 5 heteroatoms. The van der Waals surface area contributed by atoms with Crippen LogP contribution in [-0.4, -0.2) is 39.2 Å². The summed E-state index contributed by atoms with van der Waals surface area (Å²) in [7, 11) is -2.57. The van der Waals surface area contributed by atoms with Gasteiger partial charge in [-0.15, -0.1) is 0 Å². The van der Waals surface area contributed by atoms with Crippen molar-refractivity contribution in [2.45, 2.75) is 71.0 Å². The van der Waals surface area contributed by atoms with Gasteiger partial charge in [0.15, 0.2) is 5.79 Å². The number of aldehydes is 1. The van der Waals surface area contributed by atoms with Crippen molar-refractivity contribution in [3.05, 3.63) is 60.7 Å². The van der Waals surface area contributed by atoms with Gasteiger partial charge >= 0.3 is 0 Å². The molecule has 31 heavy (non-hydrogen) atoms. The fourth-order valence-electron chi connectivity index (χ4n) is 4.71. The molecule has 0 N–H and O–H groups in total. The molecule has 0 aromatic heterocycles. The summed E-state index contributed by atoms with van der Waals surface area (Å²) in [4.78, 5) is 11.5. The number of hydrogen-bond donors (Lipinski definition) is 0. The molecule has 2 aromatic carbocycles. The molecule has 1 aliphatic rings. The summed E-state index contributed by atoms with van der Waals surface area (Å²) >= 11 is 0. The molecule has 3 atom stereocenters. The maximum absolute atomic E-state index is 11.5. The van der Waals surface area contributed by atoms with E-state index in [1.165, 1.54) is 10.4 Å². The third kappa shape index (κ3) is 5.01. The second kappa shape index (κ2) is 9.37. The predicted octanol–water partition coefficient (Wildman–Crippen LogP) is 4.31. The highest BCUT2D eigenvalue weighted by atomic mass is 28.4. The molecule has 1 saturated heterocycles. The van der Waals surface area contributed by atoms with E-state index in [1.807, 2.05) is 20.8 Å². The summed E-state index contributed by atoms with van der Waals surface area (Å²) in [6, 6.07) is 21.3. The van der Waals surface area contributed by atoms with Crippen LogP contribution >= 0.6 is 0 Å². The predicted molar refractivity (Wildman–Crippen MR) is 127 cm³/mol. The summed E-state index contributed by atoms with van der Waals surface area (Å²) < 4.78 is 19.0. The van der Waals surface area contributed by atoms with Crippen molar-refractivity contribution >= 4 is 25.0 Å². The Morgan fingerprint density at radius 1 is 0.968 bits per heavy atom. The van der Waals surface area contributed by atoms with E-state index in [2.05, 4.69) is 81.4 Å². The van der Waals surface area contributed by atoms with Crippen LogP contribution in [0.4, 0.5) is 0 Å². The molecular weight excluding hydrogens is 404 g/mol. The average Bonchev–Trinajstić information content (AvgIpc) is 2.73. The first-order valence-electron chi connectivity index (χ1n) is 11.2. The van der Waals surface area contributed by atoms with Gasteiger partial charge in [0.05, 0.1) is 6.10 Å². The summed E-state index contributed by atoms with van der Waals surface area (Å²) in [5.41, 5.74) is 0. The highest BCUT2D eigenvalue weighted by Crippen LogP contribution is 2.37. The van der Waals surface area contributed by atoms with Crippen LogP contribution in [0.3, 0.4) is 0 Å². The lowest BCUT2D eigenvalue weighted by atomic mass is 9.94. The van der Waals surface area contributed by atoms with Gasteiger partial charge in [0.25, 0.3) is 8.32 Å². The minimum absolute atomic E-state index is 0.0201. The largest absolute Gasteiger partial charge is 0.407 e. The first kappa shape index (κ1) is 23.9. The van der Waals surface area contributed by atoms with Crippen molar-refractivity contribution in [2.24, 2.45) is 5.92 Å². The summed E-state index contributed by atoms with van der Waals surface area (Å²) in [5.74, 6) is -0.798. The van der Waals surface area contributed by atoms with Gasteiger partial charge in [0.1, 0.15) is 12.4 Å². The smallest absolute Gasteiger partial charge is 0.261 e. The van der Waals surface area contributed by atoms with E-state index >= 15 is 0 Å². The topological polar surface area (TPSA) is 44.8 Å². The average molecular weight is 441 g/mol. The van der Waals surface area contributed by atoms with Crippen molar-refractivity contribution < 1.29 is 18.7 Å². The van der Waals surface area contributed by atoms with Gasteiger partial charge < -0.3 is 18.7 Å². The molecule has 3 rings (SSSR count). The van der Waals surface area contributed by atoms with Crippen LogP contribution in [0.15, 0.2) is 60.7 Å². The first-order chi connectivity index (χ1) is 14.6. The van der Waals surface area contributed by atoms with Gasteiger partial charge in [-0.1, -0.05) is 88.4 Å². The number of hydrogen-bond acceptors (Lipinski definition) is 4. The van der Waals surface area contributed by atoms with Crippen molar-refractivity contribution in [2.75, 3.05) is 6.61 Å². The lowest BCUT2D eigenvalue weighted by Crippen LogP contribution is -2.66. The molecule has 0 bridgehead atoms. The van der Waals surface area contributed by atoms with Crippen molar-refractivity contribution in [1.29, 1.82) is 0 Å². The molecule has 0 saturated carbocycles. The van der Waals surface area contributed by atoms with Gasteiger partial charge in [-0.2, -0.15) is 0 Å². The molecule has 0 unspecified atom stereocenters. The number of carbonyl (C=O) groups is 1. The molecule has 0 aliphatic carbocycles. The highest BCUT2D eigenvalue weighted by Gasteiger charge is 2.50. The zero-order valence-corrected chi connectivity index (χ0v) is 20.6. The van der Waals surface area contributed by atoms with Crippen molar-refractivity contribution in [3.63, 3.8) is 0 Å². The molecule has 0 radical (unpaired) electrons. The van der Waals surface area contributed by atoms with Crippen LogP contribution in [0.25, 0.3) is 0 Å². The SMILES string of the molecule is C[C@@H]1[C@@H](C=O)OC(C)(C)O[C@@H]1CCO[Si](c1ccccc1)(c1ccccc1)C(C)(C)C. The lowest BCUT2D eigenvalue weighted by Gasteiger charge is -2.45. The van der Waals surface area contributed by atoms with Crippen LogP contribution in [0.1, 0.15) is 48.0 Å². The second-order valence-electron chi connectivity index (χ2n) is 9.93. The normalized spacial score (nSPS) is 24.0. The minimum Gasteiger partial charge on any atom is -0.407 e. The molecular formula is C26H36O4Si. The molecule has 2 aromatic rings. The fourth-order valence-corrected chi connectivity index (χ4v) is 9.29. The first-order valence-corrected chi connectivity index (χ1v) is 13.1. The van der Waals surface area contributed by atoms with E-state index in [1.54, 1.807) is 0 Å². The third-order valence-corrected chi connectivity index (χ3v) is 11.3. The Kier molecular flexibility index (Phi) is 7.21. The number of ether oxygens (including phenoxy) is 2. The Bertz CT molecular complexity index is 805. The Hall–Kier alpha value is -1.79. The molecule has 1 fully saturated rings. The second-order valence-corrected chi connectivity index (χ2v) is 14.2. The number of rotatable bonds is 7. The van der Waals surface area contributed by atoms with Gasteiger partial charge in [0, 0.05) is 12.5 Å². The van der Waals surface area contributed by atoms with Gasteiger partial charge in [-0.25, -0.2) is 0 Å². The minimum atomic E-state index is -2.57. The highest BCUT2D eigenvalue weighted by molar-refractivity contribution is 6.99. The van der Waals surface area contributed by atoms with Crippen LogP contribution < -0.4 is 10.4 Å². The van der Waals surface area contributed by atoms with Crippen LogP contribution in [0.2, 0.25) is 5.04 Å². The van der Waals surface area contributed by atoms with Gasteiger partial charge in [-0.3, -0.25) is 0 Å². The Labute approximate surface area is 188 Å². The van der Waals surface area contributed by atoms with Crippen LogP contribution in [-0.2, 0) is 18.7 Å². The standard InChI is InChI=1S/C26H36O4Si/c1-20-23(29-26(5,6)30-24(20)19-27)17-18-28-31(25(2,3)4,21-13-9-7-10-14-21)22-15-11-8-12-16-22/h7-16,19-20,23-24H,17-18H2,1-6H3/t20-,23+,24+/m0/s1. The van der Waals surface area contributed by atoms with E-state index < -0.39 is 20.2 Å². The van der Waals surface area contributed by atoms with E-state index in [9.17, 15) is 4.79 Å². The van der Waals surface area contributed by atoms with E-state index in [-0.39, 0.29) is 17.1 Å². The number of benzene rings is 2. The third-order valence-electron chi connectivity index (χ3n) is 6.23. The Balaban J connectivity index is 1.91. The van der Waals surface area contributed by atoms with Crippen molar-refractivity contribution in [1.82, 2.24) is 0 Å². The van der Waals surface area contributed by atoms with Crippen LogP contribution in [0, 0.1) is 5.92 Å². The molecule has 0 amide bonds. The zero-order chi connectivity index (χ0) is 22.7. The maximum Gasteiger partial charge on any atom is 0.261 e. The van der Waals surface area contributed by atoms with E-state index in [4.69, 9.17) is 13.9 Å². The fraction of sp³-hybridized carbons (Fsp3) is 0.500. The summed E-state index contributed by atoms with van der Waals surface area (Å²) in [6.07, 6.45) is 1.05. The molecule has 1 heterocycles. The molecule has 1 aliphatic heterocycles. The van der Waals surface area contributed by atoms with E-state index in [0.717, 1.165) is 6.29 Å².